The molecular formula is C22H22BrN3O5. The first kappa shape index (κ1) is 22.5. The van der Waals surface area contributed by atoms with Crippen molar-refractivity contribution in [1.82, 2.24) is 5.16 Å². The molecule has 0 unspecified atom stereocenters. The number of halogens is 1. The van der Waals surface area contributed by atoms with Gasteiger partial charge in [-0.3, -0.25) is 9.59 Å². The summed E-state index contributed by atoms with van der Waals surface area (Å²) in [7, 11) is 0. The van der Waals surface area contributed by atoms with Gasteiger partial charge >= 0.3 is 0 Å². The van der Waals surface area contributed by atoms with E-state index >= 15 is 0 Å². The van der Waals surface area contributed by atoms with Gasteiger partial charge < -0.3 is 25.8 Å². The number of nitrogens with two attached hydrogens (primary N) is 1. The summed E-state index contributed by atoms with van der Waals surface area (Å²) in [4.78, 5) is 25.3. The van der Waals surface area contributed by atoms with Gasteiger partial charge in [-0.15, -0.1) is 0 Å². The topological polar surface area (TPSA) is 139 Å². The standard InChI is InChI=1S/C22H22BrN3O5/c1-11(2)14-9-15(18(29)10-17(14)28)21-20(19(26-31-21)16(27)7-8-24)25-22(30)12-3-5-13(23)6-4-12/h3-6,9-11,28-29H,7-8,24H2,1-2H3,(H,25,30). The van der Waals surface area contributed by atoms with Crippen molar-refractivity contribution < 1.29 is 24.3 Å². The number of aromatic hydroxyl groups is 2. The molecule has 0 aliphatic heterocycles. The van der Waals surface area contributed by atoms with Crippen LogP contribution in [-0.2, 0) is 0 Å². The zero-order valence-electron chi connectivity index (χ0n) is 17.0. The minimum atomic E-state index is -0.485. The number of nitrogens with zero attached hydrogens (tertiary/aromatic N) is 1. The smallest absolute Gasteiger partial charge is 0.255 e. The van der Waals surface area contributed by atoms with Crippen LogP contribution in [0.2, 0.25) is 0 Å². The summed E-state index contributed by atoms with van der Waals surface area (Å²) in [5, 5.41) is 27.1. The number of phenols is 2. The van der Waals surface area contributed by atoms with Crippen LogP contribution in [-0.4, -0.2) is 33.6 Å². The number of rotatable bonds is 7. The van der Waals surface area contributed by atoms with Crippen molar-refractivity contribution in [1.29, 1.82) is 0 Å². The van der Waals surface area contributed by atoms with Crippen LogP contribution in [0.1, 0.15) is 52.6 Å². The fourth-order valence-corrected chi connectivity index (χ4v) is 3.32. The number of carbonyl (C=O) groups excluding carboxylic acids is 2. The van der Waals surface area contributed by atoms with Gasteiger partial charge in [0.2, 0.25) is 0 Å². The average Bonchev–Trinajstić information content (AvgIpc) is 3.11. The maximum Gasteiger partial charge on any atom is 0.255 e. The van der Waals surface area contributed by atoms with Crippen LogP contribution in [0.25, 0.3) is 11.3 Å². The number of hydrogen-bond donors (Lipinski definition) is 4. The first-order chi connectivity index (χ1) is 14.7. The van der Waals surface area contributed by atoms with E-state index in [1.807, 2.05) is 13.8 Å². The van der Waals surface area contributed by atoms with Crippen LogP contribution in [0, 0.1) is 0 Å². The lowest BCUT2D eigenvalue weighted by Crippen LogP contribution is -2.16. The van der Waals surface area contributed by atoms with Gasteiger partial charge in [0.1, 0.15) is 17.2 Å². The minimum absolute atomic E-state index is 0.00485. The van der Waals surface area contributed by atoms with E-state index < -0.39 is 11.7 Å². The Bertz CT molecular complexity index is 1120. The fourth-order valence-electron chi connectivity index (χ4n) is 3.05. The lowest BCUT2D eigenvalue weighted by atomic mass is 9.97. The molecule has 1 aromatic heterocycles. The normalized spacial score (nSPS) is 11.0. The van der Waals surface area contributed by atoms with E-state index in [1.54, 1.807) is 30.3 Å². The van der Waals surface area contributed by atoms with Gasteiger partial charge in [0, 0.05) is 22.5 Å². The summed E-state index contributed by atoms with van der Waals surface area (Å²) in [5.41, 5.74) is 6.53. The summed E-state index contributed by atoms with van der Waals surface area (Å²) < 4.78 is 6.19. The zero-order valence-corrected chi connectivity index (χ0v) is 18.6. The number of aromatic nitrogens is 1. The monoisotopic (exact) mass is 487 g/mol. The van der Waals surface area contributed by atoms with Crippen molar-refractivity contribution in [3.05, 3.63) is 57.7 Å². The molecule has 0 radical (unpaired) electrons. The Labute approximate surface area is 187 Å². The molecule has 5 N–H and O–H groups in total. The second-order valence-electron chi connectivity index (χ2n) is 7.24. The second-order valence-corrected chi connectivity index (χ2v) is 8.16. The Kier molecular flexibility index (Phi) is 6.77. The molecule has 0 spiro atoms. The van der Waals surface area contributed by atoms with Gasteiger partial charge in [0.05, 0.1) is 5.56 Å². The van der Waals surface area contributed by atoms with Crippen LogP contribution in [0.3, 0.4) is 0 Å². The van der Waals surface area contributed by atoms with Crippen LogP contribution in [0.4, 0.5) is 5.69 Å². The maximum atomic E-state index is 12.8. The first-order valence-electron chi connectivity index (χ1n) is 9.59. The molecule has 0 fully saturated rings. The van der Waals surface area contributed by atoms with Crippen LogP contribution in [0.15, 0.2) is 45.4 Å². The molecule has 2 aromatic carbocycles. The van der Waals surface area contributed by atoms with E-state index in [4.69, 9.17) is 10.3 Å². The predicted octanol–water partition coefficient (Wildman–Crippen LogP) is 4.42. The molecule has 162 valence electrons. The molecule has 0 aliphatic rings. The van der Waals surface area contributed by atoms with Crippen molar-refractivity contribution in [2.75, 3.05) is 11.9 Å². The third-order valence-electron chi connectivity index (χ3n) is 4.68. The van der Waals surface area contributed by atoms with E-state index in [-0.39, 0.29) is 53.1 Å². The number of hydrogen-bond acceptors (Lipinski definition) is 7. The molecule has 0 bridgehead atoms. The highest BCUT2D eigenvalue weighted by atomic mass is 79.9. The number of carbonyl (C=O) groups is 2. The van der Waals surface area contributed by atoms with E-state index in [0.29, 0.717) is 11.1 Å². The van der Waals surface area contributed by atoms with Gasteiger partial charge in [-0.1, -0.05) is 34.9 Å². The number of nitrogens with one attached hydrogen (secondary N) is 1. The summed E-state index contributed by atoms with van der Waals surface area (Å²) in [6.45, 7) is 3.86. The Hall–Kier alpha value is -3.17. The molecule has 1 amide bonds. The molecule has 0 atom stereocenters. The van der Waals surface area contributed by atoms with E-state index in [1.165, 1.54) is 6.07 Å². The van der Waals surface area contributed by atoms with Gasteiger partial charge in [-0.25, -0.2) is 0 Å². The quantitative estimate of drug-likeness (QED) is 0.361. The number of phenolic OH excluding ortho intramolecular Hbond substituents is 2. The van der Waals surface area contributed by atoms with Crippen molar-refractivity contribution >= 4 is 33.3 Å². The molecule has 0 saturated carbocycles. The molecule has 1 heterocycles. The van der Waals surface area contributed by atoms with Gasteiger partial charge in [-0.2, -0.15) is 0 Å². The largest absolute Gasteiger partial charge is 0.508 e. The lowest BCUT2D eigenvalue weighted by Gasteiger charge is -2.12. The van der Waals surface area contributed by atoms with Gasteiger partial charge in [0.25, 0.3) is 5.91 Å². The van der Waals surface area contributed by atoms with Crippen LogP contribution >= 0.6 is 15.9 Å². The maximum absolute atomic E-state index is 12.8. The molecule has 0 aliphatic carbocycles. The molecule has 31 heavy (non-hydrogen) atoms. The molecular weight excluding hydrogens is 466 g/mol. The number of anilines is 1. The molecule has 9 heteroatoms. The summed E-state index contributed by atoms with van der Waals surface area (Å²) >= 11 is 3.32. The van der Waals surface area contributed by atoms with Crippen LogP contribution in [0.5, 0.6) is 11.5 Å². The van der Waals surface area contributed by atoms with Crippen molar-refractivity contribution in [3.63, 3.8) is 0 Å². The Morgan fingerprint density at radius 3 is 2.45 bits per heavy atom. The Morgan fingerprint density at radius 1 is 1.16 bits per heavy atom. The number of ketones is 1. The third kappa shape index (κ3) is 4.78. The molecule has 3 rings (SSSR count). The predicted molar refractivity (Wildman–Crippen MR) is 119 cm³/mol. The van der Waals surface area contributed by atoms with Crippen LogP contribution < -0.4 is 11.1 Å². The van der Waals surface area contributed by atoms with E-state index in [9.17, 15) is 19.8 Å². The SMILES string of the molecule is CC(C)c1cc(-c2onc(C(=O)CCN)c2NC(=O)c2ccc(Br)cc2)c(O)cc1O. The molecule has 8 nitrogen and oxygen atoms in total. The average molecular weight is 488 g/mol. The fraction of sp³-hybridized carbons (Fsp3) is 0.227. The highest BCUT2D eigenvalue weighted by Gasteiger charge is 2.27. The highest BCUT2D eigenvalue weighted by Crippen LogP contribution is 2.42. The third-order valence-corrected chi connectivity index (χ3v) is 5.21. The summed E-state index contributed by atoms with van der Waals surface area (Å²) in [6.07, 6.45) is 0.00588. The molecule has 0 saturated heterocycles. The second kappa shape index (κ2) is 9.32. The number of amides is 1. The van der Waals surface area contributed by atoms with Gasteiger partial charge in [-0.05, 0) is 48.4 Å². The number of benzene rings is 2. The zero-order chi connectivity index (χ0) is 22.7. The van der Waals surface area contributed by atoms with Crippen molar-refractivity contribution in [2.24, 2.45) is 5.73 Å². The highest BCUT2D eigenvalue weighted by molar-refractivity contribution is 9.10. The Morgan fingerprint density at radius 2 is 1.84 bits per heavy atom. The first-order valence-corrected chi connectivity index (χ1v) is 10.4. The van der Waals surface area contributed by atoms with Crippen molar-refractivity contribution in [2.45, 2.75) is 26.2 Å². The lowest BCUT2D eigenvalue weighted by molar-refractivity contribution is 0.0977. The van der Waals surface area contributed by atoms with E-state index in [2.05, 4.69) is 26.4 Å². The number of Topliss-reactive ketones (excluding diaryl/α,β-unsaturated/α-hetero) is 1. The Balaban J connectivity index is 2.12. The summed E-state index contributed by atoms with van der Waals surface area (Å²) in [5.74, 6) is -1.30. The minimum Gasteiger partial charge on any atom is -0.508 e. The van der Waals surface area contributed by atoms with E-state index in [0.717, 1.165) is 4.47 Å². The van der Waals surface area contributed by atoms with Crippen molar-refractivity contribution in [3.8, 4) is 22.8 Å². The van der Waals surface area contributed by atoms with Gasteiger partial charge in [0.15, 0.2) is 17.2 Å². The molecule has 3 aromatic rings. The summed E-state index contributed by atoms with van der Waals surface area (Å²) in [6, 6.07) is 9.39.